The Kier molecular flexibility index (Phi) is 25.5. The van der Waals surface area contributed by atoms with E-state index in [0.29, 0.717) is 62.4 Å². The number of rotatable bonds is 13. The molecule has 1 amide bonds. The van der Waals surface area contributed by atoms with Gasteiger partial charge in [-0.25, -0.2) is 33.7 Å². The van der Waals surface area contributed by atoms with Crippen molar-refractivity contribution in [3.05, 3.63) is 83.7 Å². The normalized spacial score (nSPS) is 23.8. The maximum atomic E-state index is 12.0. The molecule has 0 spiro atoms. The van der Waals surface area contributed by atoms with Crippen molar-refractivity contribution in [3.63, 3.8) is 0 Å². The van der Waals surface area contributed by atoms with E-state index in [1.807, 2.05) is 0 Å². The monoisotopic (exact) mass is 1370 g/mol. The van der Waals surface area contributed by atoms with Crippen LogP contribution >= 0.6 is 0 Å². The number of nitrogens with one attached hydrogen (secondary N) is 5. The summed E-state index contributed by atoms with van der Waals surface area (Å²) in [4.78, 5) is 120. The van der Waals surface area contributed by atoms with Crippen molar-refractivity contribution in [2.24, 2.45) is 5.73 Å². The molecule has 12 heterocycles. The molecule has 4 saturated heterocycles. The lowest BCUT2D eigenvalue weighted by Gasteiger charge is -2.14. The zero-order valence-corrected chi connectivity index (χ0v) is 53.5. The average molecular weight is 1370 g/mol. The fourth-order valence-electron chi connectivity index (χ4n) is 9.79. The second-order valence-electron chi connectivity index (χ2n) is 20.6. The number of hydrogen-bond acceptors (Lipinski definition) is 30. The number of anilines is 1. The molecule has 0 radical (unpaired) electrons. The van der Waals surface area contributed by atoms with Gasteiger partial charge in [-0.3, -0.25) is 43.3 Å². The third-order valence-electron chi connectivity index (χ3n) is 14.2. The number of aromatic amines is 4. The number of aryl methyl sites for hydroxylation is 3. The molecule has 16 N–H and O–H groups in total. The van der Waals surface area contributed by atoms with E-state index in [2.05, 4.69) is 86.6 Å². The molecule has 8 aromatic heterocycles. The number of nitrogens with two attached hydrogens (primary N) is 2. The van der Waals surface area contributed by atoms with Gasteiger partial charge in [-0.2, -0.15) is 25.4 Å². The first-order valence-electron chi connectivity index (χ1n) is 32.5. The molecule has 12 atom stereocenters. The summed E-state index contributed by atoms with van der Waals surface area (Å²) in [5.41, 5.74) is 10.2. The first-order chi connectivity index (χ1) is 48.7. The molecule has 528 valence electrons. The number of amides is 1. The van der Waals surface area contributed by atoms with Gasteiger partial charge in [0.15, 0.2) is 47.5 Å². The van der Waals surface area contributed by atoms with Gasteiger partial charge in [-0.05, 0) is 48.5 Å². The fraction of sp³-hybridized carbons (Fsp3) is 0.571. The van der Waals surface area contributed by atoms with Crippen LogP contribution in [0.3, 0.4) is 0 Å². The highest BCUT2D eigenvalue weighted by atomic mass is 16.6. The summed E-state index contributed by atoms with van der Waals surface area (Å²) in [7, 11) is 6.87. The molecule has 4 aliphatic heterocycles. The van der Waals surface area contributed by atoms with E-state index in [0.717, 1.165) is 0 Å². The SMILES string of the molecule is CN.Nc1nc2c(cnn2[C@H]2CC(O)[C@@H](CO)O2)c(=O)[nH]1.[2H]C[C@H]1O[C@@H](n2ncc3c(=O)[nH]c(C)nc32)CC1O.[2H]C[C@H]1O[C@@H](n2ncc3c(=O)[nH]c(C)nc32)CC1OC(=O)CCC(=O)NC.[2H]C[C@H]1O[C@@H](n2ncc3c(=O)[nH]c(C)nc32)CC1OC(=O)CCC(=O)O.[3H]OC.[3H]OC.[3H]OC. The van der Waals surface area contributed by atoms with E-state index in [1.54, 1.807) is 20.8 Å². The van der Waals surface area contributed by atoms with Crippen LogP contribution in [0.1, 0.15) is 119 Å². The van der Waals surface area contributed by atoms with Gasteiger partial charge in [-0.15, -0.1) is 0 Å². The van der Waals surface area contributed by atoms with Gasteiger partial charge < -0.3 is 95.9 Å². The van der Waals surface area contributed by atoms with E-state index in [9.17, 15) is 48.6 Å². The van der Waals surface area contributed by atoms with Gasteiger partial charge in [-0.1, -0.05) is 0 Å². The quantitative estimate of drug-likeness (QED) is 0.0532. The topological polar surface area (TPSA) is 584 Å². The molecule has 96 heavy (non-hydrogen) atoms. The molecule has 8 aromatic rings. The zero-order chi connectivity index (χ0) is 75.7. The van der Waals surface area contributed by atoms with Crippen LogP contribution in [0.5, 0.6) is 0 Å². The zero-order valence-electron chi connectivity index (χ0n) is 59.5. The van der Waals surface area contributed by atoms with Crippen LogP contribution in [0.4, 0.5) is 5.95 Å². The first-order valence-corrected chi connectivity index (χ1v) is 29.1. The smallest absolute Gasteiger partial charge is 0.306 e. The lowest BCUT2D eigenvalue weighted by molar-refractivity contribution is -0.154. The molecule has 0 aromatic carbocycles. The van der Waals surface area contributed by atoms with E-state index in [1.165, 1.54) is 78.9 Å². The minimum Gasteiger partial charge on any atom is -0.481 e. The summed E-state index contributed by atoms with van der Waals surface area (Å²) in [5.74, 6) is -1.17. The van der Waals surface area contributed by atoms with Gasteiger partial charge in [0.1, 0.15) is 57.3 Å². The number of carbonyl (C=O) groups is 4. The van der Waals surface area contributed by atoms with Crippen molar-refractivity contribution in [3.8, 4) is 0 Å². The minimum atomic E-state index is -1.09. The summed E-state index contributed by atoms with van der Waals surface area (Å²) >= 11 is 0. The van der Waals surface area contributed by atoms with E-state index in [-0.39, 0.29) is 112 Å². The van der Waals surface area contributed by atoms with E-state index >= 15 is 0 Å². The Morgan fingerprint density at radius 2 is 0.927 bits per heavy atom. The number of nitrogens with zero attached hydrogens (tertiary/aromatic N) is 12. The van der Waals surface area contributed by atoms with Crippen LogP contribution in [-0.2, 0) is 47.6 Å². The van der Waals surface area contributed by atoms with E-state index in [4.69, 9.17) is 52.8 Å². The Hall–Kier alpha value is -9.36. The molecule has 4 unspecified atom stereocenters. The fourth-order valence-corrected chi connectivity index (χ4v) is 9.79. The van der Waals surface area contributed by atoms with Crippen LogP contribution in [-0.4, -0.2) is 234 Å². The second kappa shape index (κ2) is 35.9. The molecule has 40 nitrogen and oxygen atoms in total. The van der Waals surface area contributed by atoms with Crippen molar-refractivity contribution in [1.82, 2.24) is 84.3 Å². The van der Waals surface area contributed by atoms with Gasteiger partial charge in [0.2, 0.25) is 16.1 Å². The first kappa shape index (κ1) is 68.0. The maximum Gasteiger partial charge on any atom is 0.306 e. The van der Waals surface area contributed by atoms with E-state index < -0.39 is 91.7 Å². The molecular weight excluding hydrogens is 1270 g/mol. The number of nitrogen functional groups attached to an aromatic ring is 1. The van der Waals surface area contributed by atoms with Crippen molar-refractivity contribution < 1.29 is 87.5 Å². The number of hydrogen-bond donors (Lipinski definition) is 14. The number of H-pyrrole nitrogens is 4. The molecule has 0 aliphatic carbocycles. The van der Waals surface area contributed by atoms with Crippen molar-refractivity contribution in [1.29, 1.82) is 4.29 Å². The standard InChI is InChI=1S/C16H21N5O5.C15H18N4O6.C11H14N4O3.C10H13N5O4.CH5N.3CH4O/c1-8-11(26-14(23)5-4-12(22)17-3)6-13(25-8)21-15-10(7-18-21)16(24)20-9(2)19-15;1-7-10(25-13(22)4-3-12(20)21)5-11(24-7)19-14-9(6-16-19)15(23)18-8(2)17-14;1-5-8(16)3-9(18-5)15-10-7(4-12-15)11(17)14-6(2)13-10;11-10-13-8-4(9(18)14-10)2-12-15(8)7-1-5(17)6(3-16)19-7;4*1-2/h7-8,11,13H,4-6H2,1-3H3,(H,17,22)(H,19,20,24);6-7,10-11H,3-5H2,1-2H3,(H,20,21)(H,17,18,23);4-5,8-9,16H,3H2,1-2H3,(H,13,14,17);2,5-7,16-17H,1,3H2,(H3,11,13,14,18);2H2,1H3;3*2H,1H3/t8-,11?,13-;7-,10?,11-;5-,8?,9-;5?,6-,7-;;;;/m1111..../s1/i3*1D;;;3*2T. The molecule has 0 bridgehead atoms. The Morgan fingerprint density at radius 1 is 0.583 bits per heavy atom. The number of carbonyl (C=O) groups excluding carboxylic acids is 3. The number of carboxylic acids is 1. The number of ether oxygens (including phenoxy) is 6. The highest BCUT2D eigenvalue weighted by Crippen LogP contribution is 2.35. The number of aliphatic hydroxyl groups excluding tert-OH is 6. The molecule has 4 fully saturated rings. The van der Waals surface area contributed by atoms with Crippen LogP contribution in [0, 0.1) is 20.8 Å². The molecule has 0 saturated carbocycles. The third kappa shape index (κ3) is 19.0. The predicted molar refractivity (Wildman–Crippen MR) is 336 cm³/mol. The summed E-state index contributed by atoms with van der Waals surface area (Å²) in [6, 6.07) is 0. The lowest BCUT2D eigenvalue weighted by atomic mass is 10.2. The maximum absolute atomic E-state index is 12.0. The number of esters is 2. The Balaban J connectivity index is 0.000000235. The van der Waals surface area contributed by atoms with Gasteiger partial charge in [0.05, 0.1) is 81.2 Å². The van der Waals surface area contributed by atoms with Gasteiger partial charge in [0.25, 0.3) is 22.2 Å². The number of aromatic nitrogens is 16. The molecule has 4 aliphatic rings. The van der Waals surface area contributed by atoms with Crippen LogP contribution < -0.4 is 39.0 Å². The molecule has 12 rings (SSSR count). The lowest BCUT2D eigenvalue weighted by Crippen LogP contribution is -2.26. The van der Waals surface area contributed by atoms with Gasteiger partial charge in [0, 0.05) is 64.6 Å². The van der Waals surface area contributed by atoms with Crippen molar-refractivity contribution in [2.45, 2.75) is 167 Å². The third-order valence-corrected chi connectivity index (χ3v) is 14.2. The average Bonchev–Trinajstić information content (AvgIpc) is 1.66. The number of aliphatic hydroxyl groups is 6. The molecular formula is C56H83N19O21. The van der Waals surface area contributed by atoms with Crippen LogP contribution in [0.2, 0.25) is 0 Å². The Bertz CT molecular complexity index is 4150. The summed E-state index contributed by atoms with van der Waals surface area (Å²) in [6.45, 7) is 4.46. The summed E-state index contributed by atoms with van der Waals surface area (Å²) in [6.07, 6.45) is -1.50. The molecule has 40 heteroatoms. The Morgan fingerprint density at radius 3 is 1.28 bits per heavy atom. The number of fused-ring (bicyclic) bond motifs is 4. The highest BCUT2D eigenvalue weighted by molar-refractivity contribution is 5.81. The second-order valence-corrected chi connectivity index (χ2v) is 20.6. The predicted octanol–water partition coefficient (Wildman–Crippen LogP) is -2.48. The Labute approximate surface area is 552 Å². The largest absolute Gasteiger partial charge is 0.481 e. The van der Waals surface area contributed by atoms with Crippen LogP contribution in [0.15, 0.2) is 44.0 Å². The summed E-state index contributed by atoms with van der Waals surface area (Å²) in [5, 5.41) is 67.9. The van der Waals surface area contributed by atoms with Gasteiger partial charge >= 0.3 is 17.9 Å². The minimum absolute atomic E-state index is 0.0100. The van der Waals surface area contributed by atoms with Crippen molar-refractivity contribution >= 4 is 73.9 Å². The summed E-state index contributed by atoms with van der Waals surface area (Å²) < 4.78 is 78.7. The number of carboxylic acid groups (broad SMARTS) is 1. The van der Waals surface area contributed by atoms with Crippen LogP contribution in [0.25, 0.3) is 44.1 Å². The number of aliphatic carboxylic acids is 1. The highest BCUT2D eigenvalue weighted by Gasteiger charge is 2.40. The van der Waals surface area contributed by atoms with Crippen molar-refractivity contribution in [2.75, 3.05) is 47.8 Å².